The van der Waals surface area contributed by atoms with Crippen LogP contribution in [-0.2, 0) is 13.2 Å². The number of rotatable bonds is 11. The molecule has 0 fully saturated rings. The van der Waals surface area contributed by atoms with Gasteiger partial charge in [-0.15, -0.1) is 0 Å². The monoisotopic (exact) mass is 484 g/mol. The molecule has 4 aromatic rings. The summed E-state index contributed by atoms with van der Waals surface area (Å²) in [5.41, 5.74) is 2.76. The van der Waals surface area contributed by atoms with E-state index in [1.54, 1.807) is 30.3 Å². The molecule has 0 aliphatic heterocycles. The molecule has 0 saturated carbocycles. The van der Waals surface area contributed by atoms with Gasteiger partial charge in [-0.2, -0.15) is 0 Å². The second-order valence-electron chi connectivity index (χ2n) is 7.95. The minimum absolute atomic E-state index is 0.262. The molecule has 0 aliphatic rings. The summed E-state index contributed by atoms with van der Waals surface area (Å²) in [4.78, 5) is 13.8. The van der Waals surface area contributed by atoms with Crippen LogP contribution in [0.4, 0.5) is 0 Å². The summed E-state index contributed by atoms with van der Waals surface area (Å²) in [6.07, 6.45) is 0. The quantitative estimate of drug-likeness (QED) is 0.240. The van der Waals surface area contributed by atoms with E-state index >= 15 is 0 Å². The zero-order valence-electron chi connectivity index (χ0n) is 20.5. The maximum Gasteiger partial charge on any atom is 0.203 e. The Bertz CT molecular complexity index is 1280. The Morgan fingerprint density at radius 1 is 0.611 bits per heavy atom. The van der Waals surface area contributed by atoms with Gasteiger partial charge in [-0.25, -0.2) is 0 Å². The second kappa shape index (κ2) is 11.8. The van der Waals surface area contributed by atoms with Crippen molar-refractivity contribution < 1.29 is 28.5 Å². The summed E-state index contributed by atoms with van der Waals surface area (Å²) in [6, 6.07) is 28.1. The first-order chi connectivity index (χ1) is 17.6. The van der Waals surface area contributed by atoms with Crippen molar-refractivity contribution in [1.82, 2.24) is 0 Å². The lowest BCUT2D eigenvalue weighted by atomic mass is 10.0. The molecule has 6 heteroatoms. The fourth-order valence-corrected chi connectivity index (χ4v) is 3.75. The normalized spacial score (nSPS) is 10.4. The SMILES string of the molecule is COc1cc(C(=O)c2cc(OCc3ccccc3)ccc2OCc2ccccc2)cc(OC)c1OC. The van der Waals surface area contributed by atoms with Crippen LogP contribution < -0.4 is 23.7 Å². The van der Waals surface area contributed by atoms with E-state index in [2.05, 4.69) is 0 Å². The fourth-order valence-electron chi connectivity index (χ4n) is 3.75. The van der Waals surface area contributed by atoms with Crippen LogP contribution in [0, 0.1) is 0 Å². The molecule has 0 N–H and O–H groups in total. The van der Waals surface area contributed by atoms with Crippen molar-refractivity contribution in [2.75, 3.05) is 21.3 Å². The van der Waals surface area contributed by atoms with Crippen LogP contribution in [0.5, 0.6) is 28.7 Å². The van der Waals surface area contributed by atoms with Gasteiger partial charge in [-0.3, -0.25) is 4.79 Å². The molecule has 0 unspecified atom stereocenters. The minimum Gasteiger partial charge on any atom is -0.493 e. The molecular weight excluding hydrogens is 456 g/mol. The van der Waals surface area contributed by atoms with E-state index in [-0.39, 0.29) is 5.78 Å². The summed E-state index contributed by atoms with van der Waals surface area (Å²) in [5, 5.41) is 0. The van der Waals surface area contributed by atoms with Crippen molar-refractivity contribution in [3.8, 4) is 28.7 Å². The Hall–Kier alpha value is -4.45. The number of carbonyl (C=O) groups is 1. The van der Waals surface area contributed by atoms with Gasteiger partial charge in [0.2, 0.25) is 5.75 Å². The maximum absolute atomic E-state index is 13.8. The Morgan fingerprint density at radius 2 is 1.17 bits per heavy atom. The molecule has 0 bridgehead atoms. The van der Waals surface area contributed by atoms with Gasteiger partial charge in [-0.05, 0) is 41.5 Å². The summed E-state index contributed by atoms with van der Waals surface area (Å²) in [6.45, 7) is 0.698. The fraction of sp³-hybridized carbons (Fsp3) is 0.167. The van der Waals surface area contributed by atoms with Crippen molar-refractivity contribution >= 4 is 5.78 Å². The second-order valence-corrected chi connectivity index (χ2v) is 7.95. The van der Waals surface area contributed by atoms with Crippen LogP contribution in [0.3, 0.4) is 0 Å². The van der Waals surface area contributed by atoms with E-state index in [0.29, 0.717) is 53.1 Å². The summed E-state index contributed by atoms with van der Waals surface area (Å²) >= 11 is 0. The highest BCUT2D eigenvalue weighted by atomic mass is 16.5. The van der Waals surface area contributed by atoms with Crippen LogP contribution >= 0.6 is 0 Å². The zero-order valence-corrected chi connectivity index (χ0v) is 20.5. The number of ketones is 1. The lowest BCUT2D eigenvalue weighted by molar-refractivity contribution is 0.103. The average molecular weight is 485 g/mol. The lowest BCUT2D eigenvalue weighted by Crippen LogP contribution is -2.08. The number of hydrogen-bond acceptors (Lipinski definition) is 6. The Balaban J connectivity index is 1.68. The molecule has 0 heterocycles. The van der Waals surface area contributed by atoms with Gasteiger partial charge in [0.25, 0.3) is 0 Å². The summed E-state index contributed by atoms with van der Waals surface area (Å²) in [7, 11) is 4.54. The number of ether oxygens (including phenoxy) is 5. The van der Waals surface area contributed by atoms with Gasteiger partial charge in [-0.1, -0.05) is 60.7 Å². The lowest BCUT2D eigenvalue weighted by Gasteiger charge is -2.16. The third-order valence-corrected chi connectivity index (χ3v) is 5.61. The van der Waals surface area contributed by atoms with Gasteiger partial charge in [0.05, 0.1) is 26.9 Å². The van der Waals surface area contributed by atoms with Crippen LogP contribution in [0.25, 0.3) is 0 Å². The molecule has 36 heavy (non-hydrogen) atoms. The molecule has 0 saturated heterocycles. The molecular formula is C30H28O6. The van der Waals surface area contributed by atoms with Gasteiger partial charge in [0.1, 0.15) is 24.7 Å². The van der Waals surface area contributed by atoms with Gasteiger partial charge >= 0.3 is 0 Å². The van der Waals surface area contributed by atoms with E-state index in [1.807, 2.05) is 60.7 Å². The number of benzene rings is 4. The number of hydrogen-bond donors (Lipinski definition) is 0. The molecule has 0 radical (unpaired) electrons. The standard InChI is InChI=1S/C30H28O6/c1-32-27-16-23(17-28(33-2)30(27)34-3)29(31)25-18-24(35-19-21-10-6-4-7-11-21)14-15-26(25)36-20-22-12-8-5-9-13-22/h4-18H,19-20H2,1-3H3. The van der Waals surface area contributed by atoms with E-state index in [4.69, 9.17) is 23.7 Å². The van der Waals surface area contributed by atoms with E-state index < -0.39 is 0 Å². The average Bonchev–Trinajstić information content (AvgIpc) is 2.95. The van der Waals surface area contributed by atoms with Crippen LogP contribution in [-0.4, -0.2) is 27.1 Å². The summed E-state index contributed by atoms with van der Waals surface area (Å²) < 4.78 is 28.3. The topological polar surface area (TPSA) is 63.2 Å². The van der Waals surface area contributed by atoms with Gasteiger partial charge < -0.3 is 23.7 Å². The zero-order chi connectivity index (χ0) is 25.3. The molecule has 0 aliphatic carbocycles. The Labute approximate surface area is 211 Å². The third kappa shape index (κ3) is 5.78. The number of methoxy groups -OCH3 is 3. The number of carbonyl (C=O) groups excluding carboxylic acids is 1. The van der Waals surface area contributed by atoms with E-state index in [1.165, 1.54) is 21.3 Å². The maximum atomic E-state index is 13.8. The Morgan fingerprint density at radius 3 is 1.69 bits per heavy atom. The van der Waals surface area contributed by atoms with Gasteiger partial charge in [0.15, 0.2) is 17.3 Å². The molecule has 4 aromatic carbocycles. The molecule has 0 atom stereocenters. The molecule has 0 aromatic heterocycles. The van der Waals surface area contributed by atoms with Crippen molar-refractivity contribution in [3.63, 3.8) is 0 Å². The summed E-state index contributed by atoms with van der Waals surface area (Å²) in [5.74, 6) is 1.94. The predicted octanol–water partition coefficient (Wildman–Crippen LogP) is 6.10. The Kier molecular flexibility index (Phi) is 8.08. The smallest absolute Gasteiger partial charge is 0.203 e. The van der Waals surface area contributed by atoms with Crippen LogP contribution in [0.15, 0.2) is 91.0 Å². The van der Waals surface area contributed by atoms with E-state index in [9.17, 15) is 4.79 Å². The molecule has 6 nitrogen and oxygen atoms in total. The first-order valence-corrected chi connectivity index (χ1v) is 11.4. The minimum atomic E-state index is -0.262. The van der Waals surface area contributed by atoms with Crippen molar-refractivity contribution in [2.24, 2.45) is 0 Å². The van der Waals surface area contributed by atoms with Crippen molar-refractivity contribution in [2.45, 2.75) is 13.2 Å². The first-order valence-electron chi connectivity index (χ1n) is 11.4. The van der Waals surface area contributed by atoms with Crippen LogP contribution in [0.2, 0.25) is 0 Å². The van der Waals surface area contributed by atoms with E-state index in [0.717, 1.165) is 11.1 Å². The first kappa shape index (κ1) is 24.7. The highest BCUT2D eigenvalue weighted by Gasteiger charge is 2.21. The predicted molar refractivity (Wildman–Crippen MR) is 138 cm³/mol. The molecule has 0 spiro atoms. The molecule has 184 valence electrons. The highest BCUT2D eigenvalue weighted by Crippen LogP contribution is 2.39. The molecule has 0 amide bonds. The van der Waals surface area contributed by atoms with Crippen molar-refractivity contribution in [3.05, 3.63) is 113 Å². The van der Waals surface area contributed by atoms with Crippen molar-refractivity contribution in [1.29, 1.82) is 0 Å². The third-order valence-electron chi connectivity index (χ3n) is 5.61. The molecule has 4 rings (SSSR count). The largest absolute Gasteiger partial charge is 0.493 e. The van der Waals surface area contributed by atoms with Crippen LogP contribution in [0.1, 0.15) is 27.0 Å². The highest BCUT2D eigenvalue weighted by molar-refractivity contribution is 6.11. The van der Waals surface area contributed by atoms with Gasteiger partial charge in [0, 0.05) is 5.56 Å².